The number of hydrogen-bond acceptors (Lipinski definition) is 5. The molecule has 1 aliphatic carbocycles. The Bertz CT molecular complexity index is 797. The van der Waals surface area contributed by atoms with Gasteiger partial charge in [-0.25, -0.2) is 0 Å². The average Bonchev–Trinajstić information content (AvgIpc) is 3.29. The minimum atomic E-state index is -1.06. The fourth-order valence-electron chi connectivity index (χ4n) is 5.15. The summed E-state index contributed by atoms with van der Waals surface area (Å²) in [5, 5.41) is 5.18. The SMILES string of the molecule is C#CCCC(NC(=O)[C@@H]1[C@@H](C(C)C)CCN1C(=O)[C@@H](N)C1CCCCC1)C(=O)C(=O)NCC=C. The number of Topliss-reactive ketones (excluding diaryl/α,β-unsaturated/α-hetero) is 1. The average molecular weight is 473 g/mol. The Hall–Kier alpha value is -2.66. The van der Waals surface area contributed by atoms with E-state index in [2.05, 4.69) is 23.1 Å². The number of carbonyl (C=O) groups is 4. The molecule has 1 heterocycles. The lowest BCUT2D eigenvalue weighted by Gasteiger charge is -2.34. The molecule has 0 aromatic carbocycles. The summed E-state index contributed by atoms with van der Waals surface area (Å²) in [6.07, 6.45) is 13.0. The monoisotopic (exact) mass is 472 g/mol. The number of nitrogens with two attached hydrogens (primary N) is 1. The van der Waals surface area contributed by atoms with Crippen LogP contribution in [-0.4, -0.2) is 59.6 Å². The van der Waals surface area contributed by atoms with Gasteiger partial charge in [-0.05, 0) is 43.4 Å². The molecule has 1 saturated carbocycles. The van der Waals surface area contributed by atoms with E-state index < -0.39 is 35.7 Å². The van der Waals surface area contributed by atoms with Crippen LogP contribution in [0.25, 0.3) is 0 Å². The first-order chi connectivity index (χ1) is 16.2. The molecule has 4 atom stereocenters. The second-order valence-corrected chi connectivity index (χ2v) is 9.76. The van der Waals surface area contributed by atoms with Crippen molar-refractivity contribution in [3.05, 3.63) is 12.7 Å². The molecule has 8 heteroatoms. The van der Waals surface area contributed by atoms with Crippen molar-refractivity contribution in [1.29, 1.82) is 0 Å². The maximum Gasteiger partial charge on any atom is 0.289 e. The third-order valence-electron chi connectivity index (χ3n) is 7.14. The topological polar surface area (TPSA) is 122 Å². The van der Waals surface area contributed by atoms with Gasteiger partial charge in [0.1, 0.15) is 6.04 Å². The van der Waals surface area contributed by atoms with Crippen LogP contribution in [0.5, 0.6) is 0 Å². The molecule has 0 radical (unpaired) electrons. The van der Waals surface area contributed by atoms with E-state index in [0.29, 0.717) is 13.0 Å². The van der Waals surface area contributed by atoms with Gasteiger partial charge in [0.15, 0.2) is 0 Å². The summed E-state index contributed by atoms with van der Waals surface area (Å²) in [6, 6.07) is -2.43. The van der Waals surface area contributed by atoms with E-state index in [1.807, 2.05) is 13.8 Å². The summed E-state index contributed by atoms with van der Waals surface area (Å²) in [4.78, 5) is 53.4. The van der Waals surface area contributed by atoms with Gasteiger partial charge in [-0.3, -0.25) is 19.2 Å². The Morgan fingerprint density at radius 2 is 1.85 bits per heavy atom. The Morgan fingerprint density at radius 3 is 2.44 bits per heavy atom. The fourth-order valence-corrected chi connectivity index (χ4v) is 5.15. The van der Waals surface area contributed by atoms with Gasteiger partial charge >= 0.3 is 0 Å². The van der Waals surface area contributed by atoms with Crippen LogP contribution in [0.2, 0.25) is 0 Å². The Morgan fingerprint density at radius 1 is 1.18 bits per heavy atom. The minimum absolute atomic E-state index is 0.0690. The zero-order valence-electron chi connectivity index (χ0n) is 20.6. The first kappa shape index (κ1) is 27.6. The smallest absolute Gasteiger partial charge is 0.289 e. The number of likely N-dealkylation sites (tertiary alicyclic amines) is 1. The van der Waals surface area contributed by atoms with E-state index in [1.165, 1.54) is 6.08 Å². The number of terminal acetylenes is 1. The van der Waals surface area contributed by atoms with E-state index >= 15 is 0 Å². The maximum absolute atomic E-state index is 13.5. The second-order valence-electron chi connectivity index (χ2n) is 9.76. The van der Waals surface area contributed by atoms with Gasteiger partial charge in [-0.15, -0.1) is 18.9 Å². The van der Waals surface area contributed by atoms with Gasteiger partial charge in [0.05, 0.1) is 12.1 Å². The highest BCUT2D eigenvalue weighted by Gasteiger charge is 2.46. The third kappa shape index (κ3) is 6.92. The Labute approximate surface area is 203 Å². The Balaban J connectivity index is 2.20. The molecule has 2 fully saturated rings. The molecule has 2 aliphatic rings. The summed E-state index contributed by atoms with van der Waals surface area (Å²) in [6.45, 7) is 8.14. The largest absolute Gasteiger partial charge is 0.346 e. The zero-order valence-corrected chi connectivity index (χ0v) is 20.6. The van der Waals surface area contributed by atoms with Crippen molar-refractivity contribution in [2.45, 2.75) is 83.3 Å². The number of rotatable bonds is 11. The summed E-state index contributed by atoms with van der Waals surface area (Å²) >= 11 is 0. The van der Waals surface area contributed by atoms with Gasteiger partial charge < -0.3 is 21.3 Å². The normalized spacial score (nSPS) is 22.5. The predicted octanol–water partition coefficient (Wildman–Crippen LogP) is 1.54. The van der Waals surface area contributed by atoms with Crippen molar-refractivity contribution >= 4 is 23.5 Å². The molecular weight excluding hydrogens is 432 g/mol. The summed E-state index contributed by atoms with van der Waals surface area (Å²) in [5.74, 6) is 0.449. The molecule has 0 bridgehead atoms. The molecule has 1 unspecified atom stereocenters. The van der Waals surface area contributed by atoms with Crippen molar-refractivity contribution in [2.24, 2.45) is 23.5 Å². The van der Waals surface area contributed by atoms with E-state index in [1.54, 1.807) is 4.90 Å². The van der Waals surface area contributed by atoms with Crippen LogP contribution >= 0.6 is 0 Å². The molecule has 34 heavy (non-hydrogen) atoms. The van der Waals surface area contributed by atoms with Gasteiger partial charge in [0, 0.05) is 19.5 Å². The van der Waals surface area contributed by atoms with Crippen molar-refractivity contribution in [3.63, 3.8) is 0 Å². The lowest BCUT2D eigenvalue weighted by Crippen LogP contribution is -2.58. The Kier molecular flexibility index (Phi) is 10.8. The van der Waals surface area contributed by atoms with Gasteiger partial charge in [0.25, 0.3) is 5.91 Å². The van der Waals surface area contributed by atoms with Crippen LogP contribution in [0.15, 0.2) is 12.7 Å². The van der Waals surface area contributed by atoms with Crippen LogP contribution in [0.3, 0.4) is 0 Å². The fraction of sp³-hybridized carbons (Fsp3) is 0.692. The van der Waals surface area contributed by atoms with E-state index in [9.17, 15) is 19.2 Å². The van der Waals surface area contributed by atoms with E-state index in [0.717, 1.165) is 32.1 Å². The molecule has 2 rings (SSSR count). The molecule has 0 spiro atoms. The maximum atomic E-state index is 13.5. The molecule has 188 valence electrons. The zero-order chi connectivity index (χ0) is 25.3. The molecule has 0 aromatic heterocycles. The number of nitrogens with one attached hydrogen (secondary N) is 2. The van der Waals surface area contributed by atoms with Crippen molar-refractivity contribution in [3.8, 4) is 12.3 Å². The van der Waals surface area contributed by atoms with Crippen LogP contribution in [-0.2, 0) is 19.2 Å². The van der Waals surface area contributed by atoms with E-state index in [-0.39, 0.29) is 43.0 Å². The quantitative estimate of drug-likeness (QED) is 0.239. The van der Waals surface area contributed by atoms with E-state index in [4.69, 9.17) is 12.2 Å². The molecule has 8 nitrogen and oxygen atoms in total. The van der Waals surface area contributed by atoms with Gasteiger partial charge in [0.2, 0.25) is 17.6 Å². The highest BCUT2D eigenvalue weighted by Crippen LogP contribution is 2.33. The molecular formula is C26H40N4O4. The summed E-state index contributed by atoms with van der Waals surface area (Å²) < 4.78 is 0. The molecule has 1 aliphatic heterocycles. The number of carbonyl (C=O) groups excluding carboxylic acids is 4. The van der Waals surface area contributed by atoms with Gasteiger partial charge in [-0.1, -0.05) is 39.2 Å². The molecule has 3 amide bonds. The lowest BCUT2D eigenvalue weighted by atomic mass is 9.83. The molecule has 4 N–H and O–H groups in total. The minimum Gasteiger partial charge on any atom is -0.346 e. The van der Waals surface area contributed by atoms with Gasteiger partial charge in [-0.2, -0.15) is 0 Å². The van der Waals surface area contributed by atoms with Crippen molar-refractivity contribution in [1.82, 2.24) is 15.5 Å². The third-order valence-corrected chi connectivity index (χ3v) is 7.14. The lowest BCUT2D eigenvalue weighted by molar-refractivity contribution is -0.144. The summed E-state index contributed by atoms with van der Waals surface area (Å²) in [5.41, 5.74) is 6.40. The van der Waals surface area contributed by atoms with Crippen molar-refractivity contribution < 1.29 is 19.2 Å². The molecule has 0 aromatic rings. The summed E-state index contributed by atoms with van der Waals surface area (Å²) in [7, 11) is 0. The predicted molar refractivity (Wildman–Crippen MR) is 131 cm³/mol. The first-order valence-electron chi connectivity index (χ1n) is 12.5. The number of ketones is 1. The highest BCUT2D eigenvalue weighted by atomic mass is 16.2. The van der Waals surface area contributed by atoms with Crippen LogP contribution < -0.4 is 16.4 Å². The highest BCUT2D eigenvalue weighted by molar-refractivity contribution is 6.38. The van der Waals surface area contributed by atoms with Crippen molar-refractivity contribution in [2.75, 3.05) is 13.1 Å². The van der Waals surface area contributed by atoms with Crippen LogP contribution in [0.4, 0.5) is 0 Å². The molecule has 1 saturated heterocycles. The second kappa shape index (κ2) is 13.3. The number of hydrogen-bond donors (Lipinski definition) is 3. The number of amides is 3. The van der Waals surface area contributed by atoms with Crippen LogP contribution in [0, 0.1) is 30.1 Å². The van der Waals surface area contributed by atoms with Crippen LogP contribution in [0.1, 0.15) is 65.2 Å². The standard InChI is InChI=1S/C26H40N4O4/c1-5-7-13-20(23(31)25(33)28-15-6-2)29-24(32)22-19(17(3)4)14-16-30(22)26(34)21(27)18-11-9-8-10-12-18/h1,6,17-22H,2,7-16,27H2,3-4H3,(H,28,33)(H,29,32)/t19-,20?,21+,22+/m1/s1. The number of nitrogens with zero attached hydrogens (tertiary/aromatic N) is 1. The first-order valence-corrected chi connectivity index (χ1v) is 12.5.